The van der Waals surface area contributed by atoms with Gasteiger partial charge in [-0.1, -0.05) is 18.2 Å². The maximum absolute atomic E-state index is 11.5. The summed E-state index contributed by atoms with van der Waals surface area (Å²) >= 11 is 1.88. The van der Waals surface area contributed by atoms with Gasteiger partial charge in [0, 0.05) is 35.7 Å². The molecule has 98 valence electrons. The van der Waals surface area contributed by atoms with E-state index in [2.05, 4.69) is 34.9 Å². The van der Waals surface area contributed by atoms with Crippen molar-refractivity contribution in [2.24, 2.45) is 0 Å². The SMILES string of the molecule is CC(C)NC(=O)CCNC1CSc2ccccc21. The van der Waals surface area contributed by atoms with Gasteiger partial charge in [-0.2, -0.15) is 0 Å². The molecule has 1 heterocycles. The number of benzene rings is 1. The van der Waals surface area contributed by atoms with Gasteiger partial charge in [0.25, 0.3) is 0 Å². The number of carbonyl (C=O) groups excluding carboxylic acids is 1. The molecule has 1 aromatic carbocycles. The fourth-order valence-electron chi connectivity index (χ4n) is 2.09. The van der Waals surface area contributed by atoms with Crippen molar-refractivity contribution in [2.45, 2.75) is 37.2 Å². The van der Waals surface area contributed by atoms with Gasteiger partial charge < -0.3 is 10.6 Å². The lowest BCUT2D eigenvalue weighted by Crippen LogP contribution is -2.33. The second kappa shape index (κ2) is 6.25. The summed E-state index contributed by atoms with van der Waals surface area (Å²) in [7, 11) is 0. The van der Waals surface area contributed by atoms with E-state index in [1.165, 1.54) is 10.5 Å². The molecule has 0 radical (unpaired) electrons. The average Bonchev–Trinajstić information content (AvgIpc) is 2.72. The van der Waals surface area contributed by atoms with E-state index in [-0.39, 0.29) is 11.9 Å². The Morgan fingerprint density at radius 1 is 1.44 bits per heavy atom. The molecule has 0 aliphatic carbocycles. The Bertz CT molecular complexity index is 420. The molecule has 2 rings (SSSR count). The summed E-state index contributed by atoms with van der Waals surface area (Å²) in [4.78, 5) is 12.9. The highest BCUT2D eigenvalue weighted by atomic mass is 32.2. The highest BCUT2D eigenvalue weighted by Crippen LogP contribution is 2.37. The predicted octanol–water partition coefficient (Wildman–Crippen LogP) is 2.34. The van der Waals surface area contributed by atoms with E-state index in [4.69, 9.17) is 0 Å². The van der Waals surface area contributed by atoms with Gasteiger partial charge in [-0.15, -0.1) is 11.8 Å². The Balaban J connectivity index is 1.77. The minimum atomic E-state index is 0.122. The number of rotatable bonds is 5. The zero-order valence-corrected chi connectivity index (χ0v) is 11.7. The maximum atomic E-state index is 11.5. The normalized spacial score (nSPS) is 17.8. The van der Waals surface area contributed by atoms with E-state index in [0.717, 1.165) is 12.3 Å². The Hall–Kier alpha value is -1.00. The van der Waals surface area contributed by atoms with Crippen LogP contribution in [-0.2, 0) is 4.79 Å². The number of amides is 1. The van der Waals surface area contributed by atoms with Gasteiger partial charge in [-0.3, -0.25) is 4.79 Å². The molecule has 1 aliphatic heterocycles. The Kier molecular flexibility index (Phi) is 4.66. The van der Waals surface area contributed by atoms with E-state index in [1.807, 2.05) is 25.6 Å². The monoisotopic (exact) mass is 264 g/mol. The topological polar surface area (TPSA) is 41.1 Å². The first-order valence-electron chi connectivity index (χ1n) is 6.41. The van der Waals surface area contributed by atoms with E-state index in [1.54, 1.807) is 0 Å². The lowest BCUT2D eigenvalue weighted by molar-refractivity contribution is -0.121. The highest BCUT2D eigenvalue weighted by Gasteiger charge is 2.21. The van der Waals surface area contributed by atoms with Crippen molar-refractivity contribution < 1.29 is 4.79 Å². The second-order valence-electron chi connectivity index (χ2n) is 4.83. The Labute approximate surface area is 113 Å². The maximum Gasteiger partial charge on any atom is 0.221 e. The summed E-state index contributed by atoms with van der Waals surface area (Å²) in [5.41, 5.74) is 1.37. The van der Waals surface area contributed by atoms with E-state index >= 15 is 0 Å². The van der Waals surface area contributed by atoms with Crippen LogP contribution >= 0.6 is 11.8 Å². The van der Waals surface area contributed by atoms with Gasteiger partial charge in [0.2, 0.25) is 5.91 Å². The molecule has 0 saturated carbocycles. The molecule has 1 aliphatic rings. The molecule has 0 fully saturated rings. The third-order valence-corrected chi connectivity index (χ3v) is 4.08. The fourth-order valence-corrected chi connectivity index (χ4v) is 3.28. The van der Waals surface area contributed by atoms with Crippen molar-refractivity contribution >= 4 is 17.7 Å². The summed E-state index contributed by atoms with van der Waals surface area (Å²) in [5, 5.41) is 6.36. The fraction of sp³-hybridized carbons (Fsp3) is 0.500. The van der Waals surface area contributed by atoms with E-state index in [0.29, 0.717) is 12.5 Å². The first kappa shape index (κ1) is 13.4. The summed E-state index contributed by atoms with van der Waals surface area (Å²) in [5.74, 6) is 1.18. The molecular formula is C14H20N2OS. The van der Waals surface area contributed by atoms with Crippen LogP contribution in [0.25, 0.3) is 0 Å². The lowest BCUT2D eigenvalue weighted by atomic mass is 10.1. The van der Waals surface area contributed by atoms with Crippen molar-refractivity contribution in [2.75, 3.05) is 12.3 Å². The molecule has 2 N–H and O–H groups in total. The van der Waals surface area contributed by atoms with Gasteiger partial charge >= 0.3 is 0 Å². The first-order chi connectivity index (χ1) is 8.66. The van der Waals surface area contributed by atoms with Crippen molar-refractivity contribution in [1.82, 2.24) is 10.6 Å². The van der Waals surface area contributed by atoms with Gasteiger partial charge in [-0.05, 0) is 25.5 Å². The van der Waals surface area contributed by atoms with Crippen molar-refractivity contribution in [3.05, 3.63) is 29.8 Å². The van der Waals surface area contributed by atoms with Gasteiger partial charge in [0.05, 0.1) is 0 Å². The smallest absolute Gasteiger partial charge is 0.221 e. The molecule has 1 atom stereocenters. The standard InChI is InChI=1S/C14H20N2OS/c1-10(2)16-14(17)7-8-15-12-9-18-13-6-4-3-5-11(12)13/h3-6,10,12,15H,7-9H2,1-2H3,(H,16,17). The highest BCUT2D eigenvalue weighted by molar-refractivity contribution is 7.99. The third-order valence-electron chi connectivity index (χ3n) is 2.89. The van der Waals surface area contributed by atoms with Gasteiger partial charge in [0.15, 0.2) is 0 Å². The molecular weight excluding hydrogens is 244 g/mol. The van der Waals surface area contributed by atoms with Crippen LogP contribution in [-0.4, -0.2) is 24.2 Å². The van der Waals surface area contributed by atoms with Crippen LogP contribution in [0.2, 0.25) is 0 Å². The zero-order valence-electron chi connectivity index (χ0n) is 10.9. The van der Waals surface area contributed by atoms with Crippen molar-refractivity contribution in [3.63, 3.8) is 0 Å². The largest absolute Gasteiger partial charge is 0.354 e. The van der Waals surface area contributed by atoms with E-state index in [9.17, 15) is 4.79 Å². The lowest BCUT2D eigenvalue weighted by Gasteiger charge is -2.13. The molecule has 0 spiro atoms. The molecule has 4 heteroatoms. The summed E-state index contributed by atoms with van der Waals surface area (Å²) in [6, 6.07) is 9.09. The molecule has 3 nitrogen and oxygen atoms in total. The summed E-state index contributed by atoms with van der Waals surface area (Å²) in [6.45, 7) is 4.70. The molecule has 0 bridgehead atoms. The number of nitrogens with one attached hydrogen (secondary N) is 2. The number of carbonyl (C=O) groups is 1. The molecule has 1 amide bonds. The predicted molar refractivity (Wildman–Crippen MR) is 75.8 cm³/mol. The average molecular weight is 264 g/mol. The molecule has 0 saturated heterocycles. The minimum Gasteiger partial charge on any atom is -0.354 e. The van der Waals surface area contributed by atoms with Crippen LogP contribution in [0.15, 0.2) is 29.2 Å². The van der Waals surface area contributed by atoms with Crippen LogP contribution < -0.4 is 10.6 Å². The van der Waals surface area contributed by atoms with Crippen molar-refractivity contribution in [1.29, 1.82) is 0 Å². The van der Waals surface area contributed by atoms with Crippen LogP contribution in [0.3, 0.4) is 0 Å². The number of hydrogen-bond acceptors (Lipinski definition) is 3. The van der Waals surface area contributed by atoms with Crippen LogP contribution in [0.4, 0.5) is 0 Å². The van der Waals surface area contributed by atoms with Gasteiger partial charge in [0.1, 0.15) is 0 Å². The third kappa shape index (κ3) is 3.50. The molecule has 1 aromatic rings. The zero-order chi connectivity index (χ0) is 13.0. The van der Waals surface area contributed by atoms with Gasteiger partial charge in [-0.25, -0.2) is 0 Å². The van der Waals surface area contributed by atoms with Crippen LogP contribution in [0, 0.1) is 0 Å². The second-order valence-corrected chi connectivity index (χ2v) is 5.89. The van der Waals surface area contributed by atoms with Crippen LogP contribution in [0.5, 0.6) is 0 Å². The summed E-state index contributed by atoms with van der Waals surface area (Å²) < 4.78 is 0. The molecule has 18 heavy (non-hydrogen) atoms. The van der Waals surface area contributed by atoms with E-state index < -0.39 is 0 Å². The Morgan fingerprint density at radius 3 is 3.00 bits per heavy atom. The summed E-state index contributed by atoms with van der Waals surface area (Å²) in [6.07, 6.45) is 0.543. The molecule has 0 aromatic heterocycles. The van der Waals surface area contributed by atoms with Crippen molar-refractivity contribution in [3.8, 4) is 0 Å². The number of hydrogen-bond donors (Lipinski definition) is 2. The molecule has 1 unspecified atom stereocenters. The number of thioether (sulfide) groups is 1. The Morgan fingerprint density at radius 2 is 2.22 bits per heavy atom. The quantitative estimate of drug-likeness (QED) is 0.857. The van der Waals surface area contributed by atoms with Crippen LogP contribution in [0.1, 0.15) is 31.9 Å². The number of fused-ring (bicyclic) bond motifs is 1. The first-order valence-corrected chi connectivity index (χ1v) is 7.40. The minimum absolute atomic E-state index is 0.122.